The van der Waals surface area contributed by atoms with Gasteiger partial charge in [0, 0.05) is 17.6 Å². The average Bonchev–Trinajstić information content (AvgIpc) is 3.09. The van der Waals surface area contributed by atoms with E-state index in [9.17, 15) is 9.59 Å². The molecule has 4 aliphatic rings. The first-order valence-electron chi connectivity index (χ1n) is 9.43. The maximum absolute atomic E-state index is 12.6. The summed E-state index contributed by atoms with van der Waals surface area (Å²) >= 11 is 6.19. The molecule has 0 aliphatic carbocycles. The van der Waals surface area contributed by atoms with Crippen LogP contribution in [0.15, 0.2) is 21.3 Å². The van der Waals surface area contributed by atoms with Crippen LogP contribution in [0.1, 0.15) is 18.9 Å². The summed E-state index contributed by atoms with van der Waals surface area (Å²) in [5.74, 6) is 0.472. The van der Waals surface area contributed by atoms with E-state index < -0.39 is 18.1 Å². The first-order valence-corrected chi connectivity index (χ1v) is 9.80. The van der Waals surface area contributed by atoms with Crippen molar-refractivity contribution in [1.82, 2.24) is 20.0 Å². The Morgan fingerprint density at radius 3 is 2.79 bits per heavy atom. The number of piperidine rings is 3. The lowest BCUT2D eigenvalue weighted by Gasteiger charge is -2.43. The summed E-state index contributed by atoms with van der Waals surface area (Å²) in [5, 5.41) is 15.9. The molecule has 1 aromatic carbocycles. The lowest BCUT2D eigenvalue weighted by atomic mass is 9.84. The van der Waals surface area contributed by atoms with Crippen molar-refractivity contribution in [2.75, 3.05) is 26.2 Å². The molecule has 1 amide bonds. The second kappa shape index (κ2) is 6.96. The van der Waals surface area contributed by atoms with Crippen molar-refractivity contribution in [1.29, 1.82) is 0 Å². The number of fused-ring (bicyclic) bond motifs is 4. The summed E-state index contributed by atoms with van der Waals surface area (Å²) in [5.41, 5.74) is 0.335. The van der Waals surface area contributed by atoms with E-state index >= 15 is 0 Å². The van der Waals surface area contributed by atoms with Gasteiger partial charge in [-0.05, 0) is 37.9 Å². The predicted octanol–water partition coefficient (Wildman–Crippen LogP) is 1.79. The van der Waals surface area contributed by atoms with Gasteiger partial charge in [0.25, 0.3) is 5.89 Å². The van der Waals surface area contributed by atoms with E-state index in [0.29, 0.717) is 22.3 Å². The minimum Gasteiger partial charge on any atom is -0.484 e. The normalized spacial score (nSPS) is 27.6. The van der Waals surface area contributed by atoms with Crippen LogP contribution in [-0.4, -0.2) is 58.3 Å². The molecule has 6 rings (SSSR count). The van der Waals surface area contributed by atoms with Gasteiger partial charge in [-0.25, -0.2) is 9.59 Å². The van der Waals surface area contributed by atoms with E-state index in [1.54, 1.807) is 12.1 Å². The highest BCUT2D eigenvalue weighted by molar-refractivity contribution is 6.31. The molecule has 0 spiro atoms. The van der Waals surface area contributed by atoms with E-state index in [2.05, 4.69) is 15.3 Å². The van der Waals surface area contributed by atoms with Crippen LogP contribution in [-0.2, 0) is 0 Å². The van der Waals surface area contributed by atoms with Crippen LogP contribution in [0.3, 0.4) is 0 Å². The number of carbonyl (C=O) groups is 1. The fourth-order valence-electron chi connectivity index (χ4n) is 4.32. The quantitative estimate of drug-likeness (QED) is 0.768. The number of aromatic nitrogens is 2. The summed E-state index contributed by atoms with van der Waals surface area (Å²) in [4.78, 5) is 25.8. The zero-order valence-electron chi connectivity index (χ0n) is 15.3. The molecule has 0 saturated carbocycles. The predicted molar refractivity (Wildman–Crippen MR) is 100 cm³/mol. The molecule has 3 fully saturated rings. The van der Waals surface area contributed by atoms with Gasteiger partial charge in [-0.15, -0.1) is 5.10 Å². The van der Waals surface area contributed by atoms with Crippen LogP contribution in [0, 0.1) is 5.92 Å². The largest absolute Gasteiger partial charge is 0.484 e. The van der Waals surface area contributed by atoms with Crippen molar-refractivity contribution >= 4 is 17.7 Å². The maximum atomic E-state index is 12.6. The van der Waals surface area contributed by atoms with Crippen molar-refractivity contribution in [3.8, 4) is 23.0 Å². The Bertz CT molecular complexity index is 1010. The van der Waals surface area contributed by atoms with Crippen molar-refractivity contribution < 1.29 is 23.8 Å². The molecule has 0 radical (unpaired) electrons. The number of carboxylic acid groups (broad SMARTS) is 1. The van der Waals surface area contributed by atoms with Gasteiger partial charge in [0.1, 0.15) is 6.61 Å². The highest BCUT2D eigenvalue weighted by Gasteiger charge is 2.38. The highest BCUT2D eigenvalue weighted by atomic mass is 35.5. The summed E-state index contributed by atoms with van der Waals surface area (Å²) in [6, 6.07) is 3.08. The number of amides is 1. The molecule has 5 heterocycles. The molecule has 11 heteroatoms. The lowest BCUT2D eigenvalue weighted by molar-refractivity contribution is 0.0482. The van der Waals surface area contributed by atoms with Crippen LogP contribution in [0.2, 0.25) is 5.02 Å². The fraction of sp³-hybridized carbons (Fsp3) is 0.500. The molecule has 10 nitrogen and oxygen atoms in total. The molecule has 3 saturated heterocycles. The first-order chi connectivity index (χ1) is 14.0. The number of ether oxygens (including phenoxy) is 2. The van der Waals surface area contributed by atoms with Crippen LogP contribution >= 0.6 is 11.6 Å². The standard InChI is InChI=1S/C18H19ClN4O6/c19-10-5-11(15-13(6-10)27-8-14(28-15)20-17(24)25)16-21-23(18(26)29-16)12-7-22-3-1-9(12)2-4-22/h5-6,9,12,14,20H,1-4,7-8H2,(H,24,25)/t12?,14-/m1/s1. The third kappa shape index (κ3) is 3.32. The molecule has 29 heavy (non-hydrogen) atoms. The van der Waals surface area contributed by atoms with E-state index in [1.807, 2.05) is 0 Å². The first kappa shape index (κ1) is 18.3. The van der Waals surface area contributed by atoms with Gasteiger partial charge in [-0.2, -0.15) is 4.68 Å². The van der Waals surface area contributed by atoms with Crippen molar-refractivity contribution in [2.24, 2.45) is 5.92 Å². The van der Waals surface area contributed by atoms with Crippen molar-refractivity contribution in [2.45, 2.75) is 25.1 Å². The molecular formula is C18H19ClN4O6. The van der Waals surface area contributed by atoms with E-state index in [0.717, 1.165) is 32.5 Å². The molecule has 154 valence electrons. The second-order valence-electron chi connectivity index (χ2n) is 7.47. The van der Waals surface area contributed by atoms with Gasteiger partial charge < -0.3 is 23.9 Å². The van der Waals surface area contributed by atoms with E-state index in [1.165, 1.54) is 4.68 Å². The summed E-state index contributed by atoms with van der Waals surface area (Å²) in [6.45, 7) is 2.85. The van der Waals surface area contributed by atoms with Crippen molar-refractivity contribution in [3.05, 3.63) is 27.7 Å². The number of hydrogen-bond donors (Lipinski definition) is 2. The summed E-state index contributed by atoms with van der Waals surface area (Å²) in [7, 11) is 0. The number of nitrogens with one attached hydrogen (secondary N) is 1. The summed E-state index contributed by atoms with van der Waals surface area (Å²) in [6.07, 6.45) is -0.0807. The minimum absolute atomic E-state index is 0.0168. The monoisotopic (exact) mass is 422 g/mol. The topological polar surface area (TPSA) is 119 Å². The third-order valence-electron chi connectivity index (χ3n) is 5.69. The lowest BCUT2D eigenvalue weighted by Crippen LogP contribution is -2.49. The molecule has 2 aromatic rings. The van der Waals surface area contributed by atoms with Crippen LogP contribution in [0.25, 0.3) is 11.5 Å². The number of halogens is 1. The Morgan fingerprint density at radius 1 is 1.31 bits per heavy atom. The Kier molecular flexibility index (Phi) is 4.39. The number of rotatable bonds is 3. The fourth-order valence-corrected chi connectivity index (χ4v) is 4.53. The summed E-state index contributed by atoms with van der Waals surface area (Å²) < 4.78 is 18.2. The van der Waals surface area contributed by atoms with Gasteiger partial charge in [0.15, 0.2) is 11.5 Å². The molecule has 2 bridgehead atoms. The average molecular weight is 423 g/mol. The van der Waals surface area contributed by atoms with Gasteiger partial charge in [-0.3, -0.25) is 5.32 Å². The van der Waals surface area contributed by atoms with E-state index in [4.69, 9.17) is 30.6 Å². The Labute approximate surface area is 169 Å². The number of hydrogen-bond acceptors (Lipinski definition) is 7. The van der Waals surface area contributed by atoms with Gasteiger partial charge in [0.2, 0.25) is 6.23 Å². The van der Waals surface area contributed by atoms with Crippen LogP contribution < -0.4 is 20.5 Å². The van der Waals surface area contributed by atoms with Crippen LogP contribution in [0.5, 0.6) is 11.5 Å². The number of nitrogens with zero attached hydrogens (tertiary/aromatic N) is 3. The van der Waals surface area contributed by atoms with Gasteiger partial charge in [-0.1, -0.05) is 11.6 Å². The molecule has 2 atom stereocenters. The maximum Gasteiger partial charge on any atom is 0.437 e. The number of benzene rings is 1. The third-order valence-corrected chi connectivity index (χ3v) is 5.91. The second-order valence-corrected chi connectivity index (χ2v) is 7.91. The minimum atomic E-state index is -1.24. The van der Waals surface area contributed by atoms with E-state index in [-0.39, 0.29) is 24.3 Å². The van der Waals surface area contributed by atoms with Crippen molar-refractivity contribution in [3.63, 3.8) is 0 Å². The Hall–Kier alpha value is -2.72. The SMILES string of the molecule is O=C(O)N[C@H]1COc2cc(Cl)cc(-c3nn(C4CN5CCC4CC5)c(=O)o3)c2O1. The van der Waals surface area contributed by atoms with Gasteiger partial charge in [0.05, 0.1) is 11.6 Å². The highest BCUT2D eigenvalue weighted by Crippen LogP contribution is 2.43. The molecule has 2 N–H and O–H groups in total. The zero-order valence-corrected chi connectivity index (χ0v) is 16.1. The molecule has 1 unspecified atom stereocenters. The van der Waals surface area contributed by atoms with Gasteiger partial charge >= 0.3 is 11.8 Å². The zero-order chi connectivity index (χ0) is 20.1. The Balaban J connectivity index is 1.51. The van der Waals surface area contributed by atoms with Crippen LogP contribution in [0.4, 0.5) is 4.79 Å². The molecule has 4 aliphatic heterocycles. The Morgan fingerprint density at radius 2 is 2.10 bits per heavy atom. The molecular weight excluding hydrogens is 404 g/mol. The molecule has 1 aromatic heterocycles. The smallest absolute Gasteiger partial charge is 0.437 e.